The number of anilines is 1. The first kappa shape index (κ1) is 21.9. The van der Waals surface area contributed by atoms with Crippen LogP contribution in [0.2, 0.25) is 0 Å². The zero-order valence-corrected chi connectivity index (χ0v) is 15.4. The lowest BCUT2D eigenvalue weighted by Crippen LogP contribution is -2.15. The van der Waals surface area contributed by atoms with Crippen LogP contribution >= 0.6 is 11.8 Å². The van der Waals surface area contributed by atoms with Crippen LogP contribution in [0.15, 0.2) is 41.3 Å². The largest absolute Gasteiger partial charge is 0.495 e. The van der Waals surface area contributed by atoms with Crippen molar-refractivity contribution in [3.05, 3.63) is 62.2 Å². The van der Waals surface area contributed by atoms with Crippen molar-refractivity contribution in [2.45, 2.75) is 11.1 Å². The first-order valence-electron chi connectivity index (χ1n) is 7.63. The topological polar surface area (TPSA) is 125 Å². The molecule has 29 heavy (non-hydrogen) atoms. The van der Waals surface area contributed by atoms with Crippen LogP contribution in [0.4, 0.5) is 30.2 Å². The zero-order chi connectivity index (χ0) is 21.8. The fourth-order valence-corrected chi connectivity index (χ4v) is 3.00. The quantitative estimate of drug-likeness (QED) is 0.394. The molecule has 0 aliphatic carbocycles. The molecular weight excluding hydrogens is 419 g/mol. The maximum atomic E-state index is 12.7. The number of amides is 1. The normalized spacial score (nSPS) is 11.0. The van der Waals surface area contributed by atoms with Gasteiger partial charge in [0.1, 0.15) is 5.75 Å². The lowest BCUT2D eigenvalue weighted by Gasteiger charge is -2.11. The number of halogens is 3. The molecule has 13 heteroatoms. The van der Waals surface area contributed by atoms with E-state index in [1.54, 1.807) is 0 Å². The Labute approximate surface area is 165 Å². The third-order valence-corrected chi connectivity index (χ3v) is 4.57. The molecule has 9 nitrogen and oxygen atoms in total. The van der Waals surface area contributed by atoms with Crippen LogP contribution < -0.4 is 10.1 Å². The van der Waals surface area contributed by atoms with E-state index in [4.69, 9.17) is 4.74 Å². The average molecular weight is 431 g/mol. The number of nitrogens with one attached hydrogen (secondary N) is 1. The Morgan fingerprint density at radius 1 is 1.14 bits per heavy atom. The van der Waals surface area contributed by atoms with Gasteiger partial charge >= 0.3 is 6.18 Å². The second kappa shape index (κ2) is 8.77. The van der Waals surface area contributed by atoms with Crippen LogP contribution in [-0.2, 0) is 11.0 Å². The van der Waals surface area contributed by atoms with Gasteiger partial charge in [0.15, 0.2) is 0 Å². The monoisotopic (exact) mass is 431 g/mol. The number of hydrogen-bond acceptors (Lipinski definition) is 7. The maximum absolute atomic E-state index is 12.7. The Hall–Kier alpha value is -3.35. The molecule has 0 saturated heterocycles. The van der Waals surface area contributed by atoms with Gasteiger partial charge in [-0.15, -0.1) is 11.8 Å². The van der Waals surface area contributed by atoms with Gasteiger partial charge in [-0.3, -0.25) is 25.0 Å². The maximum Gasteiger partial charge on any atom is 0.416 e. The number of nitrogens with zero attached hydrogens (tertiary/aromatic N) is 2. The first-order chi connectivity index (χ1) is 13.5. The summed E-state index contributed by atoms with van der Waals surface area (Å²) in [6.07, 6.45) is -4.75. The molecule has 2 rings (SSSR count). The van der Waals surface area contributed by atoms with Crippen LogP contribution in [0.1, 0.15) is 5.56 Å². The minimum absolute atomic E-state index is 0.00854. The molecule has 1 amide bonds. The van der Waals surface area contributed by atoms with E-state index >= 15 is 0 Å². The second-order valence-corrected chi connectivity index (χ2v) is 6.43. The minimum atomic E-state index is -4.75. The van der Waals surface area contributed by atoms with Crippen LogP contribution in [0.3, 0.4) is 0 Å². The summed E-state index contributed by atoms with van der Waals surface area (Å²) >= 11 is 0.650. The van der Waals surface area contributed by atoms with Crippen molar-refractivity contribution in [3.8, 4) is 5.75 Å². The van der Waals surface area contributed by atoms with Gasteiger partial charge in [-0.1, -0.05) is 0 Å². The number of methoxy groups -OCH3 is 1. The van der Waals surface area contributed by atoms with Gasteiger partial charge in [-0.05, 0) is 18.2 Å². The summed E-state index contributed by atoms with van der Waals surface area (Å²) in [5.41, 5.74) is -2.26. The predicted octanol–water partition coefficient (Wildman–Crippen LogP) is 4.26. The number of ether oxygens (including phenoxy) is 1. The fourth-order valence-electron chi connectivity index (χ4n) is 2.20. The van der Waals surface area contributed by atoms with E-state index < -0.39 is 38.9 Å². The lowest BCUT2D eigenvalue weighted by atomic mass is 10.2. The highest BCUT2D eigenvalue weighted by molar-refractivity contribution is 8.00. The number of benzene rings is 2. The Balaban J connectivity index is 2.16. The number of carbonyl (C=O) groups is 1. The van der Waals surface area contributed by atoms with Crippen molar-refractivity contribution in [2.24, 2.45) is 0 Å². The molecule has 0 aliphatic heterocycles. The Morgan fingerprint density at radius 3 is 2.38 bits per heavy atom. The fraction of sp³-hybridized carbons (Fsp3) is 0.188. The Kier molecular flexibility index (Phi) is 6.64. The van der Waals surface area contributed by atoms with Gasteiger partial charge in [0.25, 0.3) is 11.4 Å². The summed E-state index contributed by atoms with van der Waals surface area (Å²) < 4.78 is 43.2. The van der Waals surface area contributed by atoms with Crippen LogP contribution in [0.25, 0.3) is 0 Å². The molecule has 0 fully saturated rings. The number of rotatable bonds is 7. The number of hydrogen-bond donors (Lipinski definition) is 1. The number of thioether (sulfide) groups is 1. The predicted molar refractivity (Wildman–Crippen MR) is 97.1 cm³/mol. The van der Waals surface area contributed by atoms with Gasteiger partial charge in [0.2, 0.25) is 5.91 Å². The van der Waals surface area contributed by atoms with E-state index in [0.717, 1.165) is 12.1 Å². The number of non-ortho nitro benzene ring substituents is 1. The molecule has 0 saturated carbocycles. The van der Waals surface area contributed by atoms with Gasteiger partial charge in [-0.2, -0.15) is 13.2 Å². The van der Waals surface area contributed by atoms with Crippen molar-refractivity contribution in [3.63, 3.8) is 0 Å². The number of nitro benzene ring substituents is 2. The van der Waals surface area contributed by atoms with Crippen molar-refractivity contribution < 1.29 is 32.5 Å². The van der Waals surface area contributed by atoms with Crippen LogP contribution in [0.5, 0.6) is 5.75 Å². The second-order valence-electron chi connectivity index (χ2n) is 5.42. The molecule has 0 unspecified atom stereocenters. The van der Waals surface area contributed by atoms with Crippen molar-refractivity contribution in [2.75, 3.05) is 18.2 Å². The first-order valence-corrected chi connectivity index (χ1v) is 8.62. The smallest absolute Gasteiger partial charge is 0.416 e. The SMILES string of the molecule is COc1ccc([N+](=O)[O-])cc1NC(=O)CSc1ccc(C(F)(F)F)cc1[N+](=O)[O-]. The highest BCUT2D eigenvalue weighted by Crippen LogP contribution is 2.36. The number of carbonyl (C=O) groups excluding carboxylic acids is 1. The van der Waals surface area contributed by atoms with Crippen LogP contribution in [0, 0.1) is 20.2 Å². The molecule has 2 aromatic rings. The Morgan fingerprint density at radius 2 is 1.83 bits per heavy atom. The third-order valence-electron chi connectivity index (χ3n) is 3.51. The Bertz CT molecular complexity index is 967. The summed E-state index contributed by atoms with van der Waals surface area (Å²) in [6.45, 7) is 0. The molecule has 0 aliphatic rings. The molecule has 0 aromatic heterocycles. The van der Waals surface area contributed by atoms with Crippen LogP contribution in [-0.4, -0.2) is 28.6 Å². The van der Waals surface area contributed by atoms with Crippen molar-refractivity contribution in [1.82, 2.24) is 0 Å². The summed E-state index contributed by atoms with van der Waals surface area (Å²) in [7, 11) is 1.29. The van der Waals surface area contributed by atoms with Gasteiger partial charge in [0, 0.05) is 18.2 Å². The molecule has 0 heterocycles. The highest BCUT2D eigenvalue weighted by Gasteiger charge is 2.33. The molecule has 0 radical (unpaired) electrons. The van der Waals surface area contributed by atoms with Gasteiger partial charge in [-0.25, -0.2) is 0 Å². The number of alkyl halides is 3. The molecule has 154 valence electrons. The summed E-state index contributed by atoms with van der Waals surface area (Å²) in [5.74, 6) is -0.935. The average Bonchev–Trinajstić information content (AvgIpc) is 2.65. The molecule has 0 atom stereocenters. The van der Waals surface area contributed by atoms with Crippen molar-refractivity contribution >= 4 is 34.7 Å². The molecule has 0 bridgehead atoms. The molecular formula is C16H12F3N3O6S. The third kappa shape index (κ3) is 5.57. The lowest BCUT2D eigenvalue weighted by molar-refractivity contribution is -0.388. The van der Waals surface area contributed by atoms with E-state index in [2.05, 4.69) is 5.32 Å². The standard InChI is InChI=1S/C16H12F3N3O6S/c1-28-13-4-3-10(21(24)25)7-11(13)20-15(23)8-29-14-5-2-9(16(17,18)19)6-12(14)22(26)27/h2-7H,8H2,1H3,(H,20,23). The van der Waals surface area contributed by atoms with E-state index in [-0.39, 0.29) is 22.0 Å². The van der Waals surface area contributed by atoms with E-state index in [9.17, 15) is 38.2 Å². The highest BCUT2D eigenvalue weighted by atomic mass is 32.2. The summed E-state index contributed by atoms with van der Waals surface area (Å²) in [4.78, 5) is 32.3. The molecule has 1 N–H and O–H groups in total. The summed E-state index contributed by atoms with van der Waals surface area (Å²) in [5, 5.41) is 24.3. The zero-order valence-electron chi connectivity index (χ0n) is 14.6. The molecule has 0 spiro atoms. The van der Waals surface area contributed by atoms with E-state index in [1.165, 1.54) is 19.2 Å². The molecule has 2 aromatic carbocycles. The van der Waals surface area contributed by atoms with Gasteiger partial charge in [0.05, 0.1) is 38.9 Å². The van der Waals surface area contributed by atoms with Gasteiger partial charge < -0.3 is 10.1 Å². The van der Waals surface area contributed by atoms with E-state index in [0.29, 0.717) is 23.9 Å². The minimum Gasteiger partial charge on any atom is -0.495 e. The number of nitro groups is 2. The van der Waals surface area contributed by atoms with Crippen molar-refractivity contribution in [1.29, 1.82) is 0 Å². The van der Waals surface area contributed by atoms with E-state index in [1.807, 2.05) is 0 Å². The summed E-state index contributed by atoms with van der Waals surface area (Å²) in [6, 6.07) is 5.51.